The fourth-order valence-electron chi connectivity index (χ4n) is 1.45. The van der Waals surface area contributed by atoms with Gasteiger partial charge in [0, 0.05) is 0 Å². The summed E-state index contributed by atoms with van der Waals surface area (Å²) in [5.41, 5.74) is 0. The van der Waals surface area contributed by atoms with Gasteiger partial charge in [0.2, 0.25) is 0 Å². The zero-order valence-corrected chi connectivity index (χ0v) is 7.14. The third-order valence-corrected chi connectivity index (χ3v) is 2.18. The minimum atomic E-state index is 0.0321. The average Bonchev–Trinajstić information content (AvgIpc) is 2.03. The van der Waals surface area contributed by atoms with Crippen LogP contribution >= 0.6 is 0 Å². The Morgan fingerprint density at radius 1 is 1.64 bits per heavy atom. The third kappa shape index (κ3) is 2.52. The van der Waals surface area contributed by atoms with Gasteiger partial charge in [-0.3, -0.25) is 4.79 Å². The first-order valence-electron chi connectivity index (χ1n) is 4.51. The fraction of sp³-hybridized carbons (Fsp3) is 0.889. The fourth-order valence-corrected chi connectivity index (χ4v) is 1.45. The summed E-state index contributed by atoms with van der Waals surface area (Å²) in [6.07, 6.45) is 5.44. The zero-order valence-electron chi connectivity index (χ0n) is 7.14. The lowest BCUT2D eigenvalue weighted by Gasteiger charge is -2.20. The molecule has 1 heterocycles. The van der Waals surface area contributed by atoms with E-state index in [9.17, 15) is 4.79 Å². The molecule has 2 nitrogen and oxygen atoms in total. The van der Waals surface area contributed by atoms with Gasteiger partial charge < -0.3 is 4.74 Å². The number of cyclic esters (lactones) is 1. The number of unbranched alkanes of at least 4 members (excludes halogenated alkanes) is 1. The highest BCUT2D eigenvalue weighted by molar-refractivity contribution is 5.72. The largest absolute Gasteiger partial charge is 0.465 e. The number of esters is 1. The summed E-state index contributed by atoms with van der Waals surface area (Å²) >= 11 is 0. The first kappa shape index (κ1) is 8.57. The first-order chi connectivity index (χ1) is 5.34. The van der Waals surface area contributed by atoms with Crippen molar-refractivity contribution in [3.8, 4) is 0 Å². The summed E-state index contributed by atoms with van der Waals surface area (Å²) < 4.78 is 4.95. The van der Waals surface area contributed by atoms with Gasteiger partial charge in [0.15, 0.2) is 0 Å². The maximum atomic E-state index is 11.1. The summed E-state index contributed by atoms with van der Waals surface area (Å²) in [6.45, 7) is 2.79. The average molecular weight is 156 g/mol. The number of ether oxygens (including phenoxy) is 1. The summed E-state index contributed by atoms with van der Waals surface area (Å²) in [7, 11) is 0. The van der Waals surface area contributed by atoms with Crippen molar-refractivity contribution in [3.63, 3.8) is 0 Å². The second-order valence-electron chi connectivity index (χ2n) is 3.15. The van der Waals surface area contributed by atoms with Crippen LogP contribution < -0.4 is 0 Å². The van der Waals surface area contributed by atoms with Gasteiger partial charge in [-0.15, -0.1) is 0 Å². The van der Waals surface area contributed by atoms with Gasteiger partial charge in [-0.2, -0.15) is 0 Å². The second kappa shape index (κ2) is 4.37. The smallest absolute Gasteiger partial charge is 0.308 e. The minimum absolute atomic E-state index is 0.0321. The Balaban J connectivity index is 2.24. The third-order valence-electron chi connectivity index (χ3n) is 2.18. The topological polar surface area (TPSA) is 26.3 Å². The minimum Gasteiger partial charge on any atom is -0.465 e. The number of carbonyl (C=O) groups excluding carboxylic acids is 1. The molecule has 1 aliphatic rings. The van der Waals surface area contributed by atoms with Crippen LogP contribution in [-0.4, -0.2) is 12.6 Å². The van der Waals surface area contributed by atoms with Gasteiger partial charge in [-0.25, -0.2) is 0 Å². The van der Waals surface area contributed by atoms with Gasteiger partial charge in [0.05, 0.1) is 12.5 Å². The molecule has 0 radical (unpaired) electrons. The van der Waals surface area contributed by atoms with Crippen LogP contribution in [0.5, 0.6) is 0 Å². The molecule has 64 valence electrons. The van der Waals surface area contributed by atoms with E-state index in [0.29, 0.717) is 6.61 Å². The van der Waals surface area contributed by atoms with E-state index < -0.39 is 0 Å². The van der Waals surface area contributed by atoms with E-state index in [1.54, 1.807) is 0 Å². The maximum absolute atomic E-state index is 11.1. The van der Waals surface area contributed by atoms with E-state index in [1.807, 2.05) is 0 Å². The predicted octanol–water partition coefficient (Wildman–Crippen LogP) is 2.13. The molecule has 0 N–H and O–H groups in total. The molecular weight excluding hydrogens is 140 g/mol. The summed E-state index contributed by atoms with van der Waals surface area (Å²) in [5, 5.41) is 0. The van der Waals surface area contributed by atoms with Crippen LogP contribution in [0.2, 0.25) is 0 Å². The van der Waals surface area contributed by atoms with Crippen molar-refractivity contribution in [3.05, 3.63) is 0 Å². The lowest BCUT2D eigenvalue weighted by molar-refractivity contribution is -0.153. The normalized spacial score (nSPS) is 24.8. The van der Waals surface area contributed by atoms with E-state index in [2.05, 4.69) is 6.92 Å². The SMILES string of the molecule is CCCCC1CCCOC1=O. The molecular formula is C9H16O2. The molecule has 0 aromatic carbocycles. The Morgan fingerprint density at radius 3 is 3.09 bits per heavy atom. The van der Waals surface area contributed by atoms with Crippen LogP contribution in [-0.2, 0) is 9.53 Å². The summed E-state index contributed by atoms with van der Waals surface area (Å²) in [5.74, 6) is 0.244. The standard InChI is InChI=1S/C9H16O2/c1-2-3-5-8-6-4-7-11-9(8)10/h8H,2-7H2,1H3. The molecule has 2 heteroatoms. The van der Waals surface area contributed by atoms with E-state index in [4.69, 9.17) is 4.74 Å². The second-order valence-corrected chi connectivity index (χ2v) is 3.15. The van der Waals surface area contributed by atoms with Crippen molar-refractivity contribution >= 4 is 5.97 Å². The van der Waals surface area contributed by atoms with Gasteiger partial charge in [-0.1, -0.05) is 19.8 Å². The highest BCUT2D eigenvalue weighted by Gasteiger charge is 2.22. The van der Waals surface area contributed by atoms with Crippen LogP contribution in [0.15, 0.2) is 0 Å². The highest BCUT2D eigenvalue weighted by atomic mass is 16.5. The quantitative estimate of drug-likeness (QED) is 0.585. The van der Waals surface area contributed by atoms with Gasteiger partial charge in [0.25, 0.3) is 0 Å². The Hall–Kier alpha value is -0.530. The molecule has 0 spiro atoms. The van der Waals surface area contributed by atoms with Gasteiger partial charge in [-0.05, 0) is 19.3 Å². The molecule has 1 atom stereocenters. The number of hydrogen-bond acceptors (Lipinski definition) is 2. The van der Waals surface area contributed by atoms with Crippen LogP contribution in [0.4, 0.5) is 0 Å². The van der Waals surface area contributed by atoms with Crippen molar-refractivity contribution in [2.75, 3.05) is 6.61 Å². The molecule has 0 aromatic heterocycles. The van der Waals surface area contributed by atoms with Crippen LogP contribution in [0.1, 0.15) is 39.0 Å². The number of rotatable bonds is 3. The van der Waals surface area contributed by atoms with Crippen LogP contribution in [0.25, 0.3) is 0 Å². The monoisotopic (exact) mass is 156 g/mol. The van der Waals surface area contributed by atoms with Crippen molar-refractivity contribution in [2.24, 2.45) is 5.92 Å². The molecule has 0 amide bonds. The summed E-state index contributed by atoms with van der Waals surface area (Å²) in [4.78, 5) is 11.1. The van der Waals surface area contributed by atoms with E-state index in [1.165, 1.54) is 6.42 Å². The van der Waals surface area contributed by atoms with E-state index >= 15 is 0 Å². The molecule has 1 unspecified atom stereocenters. The molecule has 11 heavy (non-hydrogen) atoms. The van der Waals surface area contributed by atoms with Crippen LogP contribution in [0, 0.1) is 5.92 Å². The Morgan fingerprint density at radius 2 is 2.45 bits per heavy atom. The number of hydrogen-bond donors (Lipinski definition) is 0. The lowest BCUT2D eigenvalue weighted by atomic mass is 9.95. The molecule has 0 bridgehead atoms. The van der Waals surface area contributed by atoms with Crippen molar-refractivity contribution < 1.29 is 9.53 Å². The van der Waals surface area contributed by atoms with E-state index in [-0.39, 0.29) is 11.9 Å². The first-order valence-corrected chi connectivity index (χ1v) is 4.51. The predicted molar refractivity (Wildman–Crippen MR) is 43.2 cm³/mol. The Kier molecular flexibility index (Phi) is 3.40. The molecule has 0 saturated carbocycles. The maximum Gasteiger partial charge on any atom is 0.308 e. The van der Waals surface area contributed by atoms with Gasteiger partial charge >= 0.3 is 5.97 Å². The lowest BCUT2D eigenvalue weighted by Crippen LogP contribution is -2.23. The molecule has 0 aromatic rings. The zero-order chi connectivity index (χ0) is 8.10. The number of carbonyl (C=O) groups is 1. The molecule has 0 aliphatic carbocycles. The Labute approximate surface area is 67.9 Å². The van der Waals surface area contributed by atoms with Crippen molar-refractivity contribution in [1.29, 1.82) is 0 Å². The molecule has 1 saturated heterocycles. The molecule has 1 aliphatic heterocycles. The molecule has 1 rings (SSSR count). The Bertz CT molecular complexity index is 132. The molecule has 1 fully saturated rings. The van der Waals surface area contributed by atoms with E-state index in [0.717, 1.165) is 25.7 Å². The summed E-state index contributed by atoms with van der Waals surface area (Å²) in [6, 6.07) is 0. The van der Waals surface area contributed by atoms with Crippen LogP contribution in [0.3, 0.4) is 0 Å². The highest BCUT2D eigenvalue weighted by Crippen LogP contribution is 2.20. The van der Waals surface area contributed by atoms with Gasteiger partial charge in [0.1, 0.15) is 0 Å². The van der Waals surface area contributed by atoms with Crippen molar-refractivity contribution in [1.82, 2.24) is 0 Å². The van der Waals surface area contributed by atoms with Crippen molar-refractivity contribution in [2.45, 2.75) is 39.0 Å².